The number of aliphatic imine (C=N–C) groups is 2. The fourth-order valence-corrected chi connectivity index (χ4v) is 5.08. The molecular formula is C14H14N2O4. The van der Waals surface area contributed by atoms with E-state index in [1.54, 1.807) is 0 Å². The van der Waals surface area contributed by atoms with Crippen molar-refractivity contribution in [3.05, 3.63) is 0 Å². The number of nitrogens with zero attached hydrogens (tertiary/aromatic N) is 2. The van der Waals surface area contributed by atoms with Crippen LogP contribution in [0.2, 0.25) is 0 Å². The zero-order valence-electron chi connectivity index (χ0n) is 10.9. The van der Waals surface area contributed by atoms with E-state index in [0.29, 0.717) is 32.1 Å². The number of carbonyl (C=O) groups is 2. The van der Waals surface area contributed by atoms with Gasteiger partial charge in [0, 0.05) is 0 Å². The highest BCUT2D eigenvalue weighted by Gasteiger charge is 2.63. The molecule has 4 aliphatic carbocycles. The topological polar surface area (TPSA) is 93.0 Å². The molecule has 104 valence electrons. The lowest BCUT2D eigenvalue weighted by molar-refractivity contribution is -0.163. The lowest BCUT2D eigenvalue weighted by Crippen LogP contribution is -2.57. The Morgan fingerprint density at radius 3 is 1.60 bits per heavy atom. The monoisotopic (exact) mass is 274 g/mol. The highest BCUT2D eigenvalue weighted by molar-refractivity contribution is 5.92. The van der Waals surface area contributed by atoms with Gasteiger partial charge in [0.05, 0.1) is 10.8 Å². The SMILES string of the molecule is O=C=NC(=O)C12CC3CC(C1)CC(C(=O)N=C=O)(C3)C2. The second-order valence-corrected chi connectivity index (χ2v) is 6.54. The number of carbonyl (C=O) groups excluding carboxylic acids is 4. The second-order valence-electron chi connectivity index (χ2n) is 6.54. The third-order valence-corrected chi connectivity index (χ3v) is 5.26. The van der Waals surface area contributed by atoms with Crippen LogP contribution in [0.1, 0.15) is 38.5 Å². The molecule has 0 saturated heterocycles. The first-order valence-corrected chi connectivity index (χ1v) is 6.78. The van der Waals surface area contributed by atoms with Crippen molar-refractivity contribution in [2.75, 3.05) is 0 Å². The molecule has 4 bridgehead atoms. The largest absolute Gasteiger partial charge is 0.271 e. The number of rotatable bonds is 2. The summed E-state index contributed by atoms with van der Waals surface area (Å²) >= 11 is 0. The Bertz CT molecular complexity index is 522. The molecule has 4 aliphatic rings. The van der Waals surface area contributed by atoms with Gasteiger partial charge in [-0.3, -0.25) is 9.59 Å². The van der Waals surface area contributed by atoms with Crippen molar-refractivity contribution in [1.82, 2.24) is 0 Å². The van der Waals surface area contributed by atoms with E-state index in [1.807, 2.05) is 0 Å². The van der Waals surface area contributed by atoms with Crippen LogP contribution < -0.4 is 0 Å². The lowest BCUT2D eigenvalue weighted by Gasteiger charge is -2.59. The average molecular weight is 274 g/mol. The normalized spacial score (nSPS) is 40.6. The summed E-state index contributed by atoms with van der Waals surface area (Å²) in [6, 6.07) is 0. The fourth-order valence-electron chi connectivity index (χ4n) is 5.08. The number of hydrogen-bond donors (Lipinski definition) is 0. The molecule has 0 aromatic carbocycles. The van der Waals surface area contributed by atoms with Crippen molar-refractivity contribution in [1.29, 1.82) is 0 Å². The van der Waals surface area contributed by atoms with Gasteiger partial charge in [-0.15, -0.1) is 9.98 Å². The van der Waals surface area contributed by atoms with Crippen LogP contribution in [0.4, 0.5) is 0 Å². The smallest absolute Gasteiger partial charge is 0.262 e. The third-order valence-electron chi connectivity index (χ3n) is 5.26. The number of hydrogen-bond acceptors (Lipinski definition) is 4. The Hall–Kier alpha value is -1.90. The standard InChI is InChI=1S/C14H14N2O4/c17-7-15-11(19)13-2-9-1-10(4-13)5-14(3-9,6-13)12(20)16-8-18/h9-10H,1-6H2. The van der Waals surface area contributed by atoms with E-state index in [1.165, 1.54) is 12.2 Å². The molecule has 4 saturated carbocycles. The van der Waals surface area contributed by atoms with Crippen molar-refractivity contribution < 1.29 is 19.2 Å². The number of isocyanates is 2. The van der Waals surface area contributed by atoms with Crippen molar-refractivity contribution in [2.45, 2.75) is 38.5 Å². The van der Waals surface area contributed by atoms with E-state index in [-0.39, 0.29) is 11.8 Å². The van der Waals surface area contributed by atoms with Crippen molar-refractivity contribution in [3.63, 3.8) is 0 Å². The van der Waals surface area contributed by atoms with Crippen LogP contribution in [0.25, 0.3) is 0 Å². The Labute approximate surface area is 115 Å². The molecule has 4 rings (SSSR count). The second kappa shape index (κ2) is 4.30. The van der Waals surface area contributed by atoms with Crippen LogP contribution in [0.5, 0.6) is 0 Å². The predicted octanol–water partition coefficient (Wildman–Crippen LogP) is 1.30. The van der Waals surface area contributed by atoms with Crippen LogP contribution in [0.15, 0.2) is 9.98 Å². The van der Waals surface area contributed by atoms with Gasteiger partial charge < -0.3 is 0 Å². The van der Waals surface area contributed by atoms with Gasteiger partial charge in [0.2, 0.25) is 12.2 Å². The molecular weight excluding hydrogens is 260 g/mol. The minimum atomic E-state index is -0.727. The third kappa shape index (κ3) is 1.73. The quantitative estimate of drug-likeness (QED) is 0.560. The summed E-state index contributed by atoms with van der Waals surface area (Å²) in [5.74, 6) is -0.386. The first-order valence-electron chi connectivity index (χ1n) is 6.78. The molecule has 0 aromatic heterocycles. The molecule has 0 radical (unpaired) electrons. The van der Waals surface area contributed by atoms with Crippen LogP contribution in [-0.4, -0.2) is 24.0 Å². The number of amides is 2. The van der Waals surface area contributed by atoms with Gasteiger partial charge in [0.25, 0.3) is 11.8 Å². The van der Waals surface area contributed by atoms with Crippen molar-refractivity contribution in [3.8, 4) is 0 Å². The van der Waals surface area contributed by atoms with Gasteiger partial charge in [-0.2, -0.15) is 0 Å². The zero-order valence-corrected chi connectivity index (χ0v) is 10.9. The van der Waals surface area contributed by atoms with Gasteiger partial charge in [0.1, 0.15) is 0 Å². The molecule has 0 atom stereocenters. The van der Waals surface area contributed by atoms with E-state index in [4.69, 9.17) is 0 Å². The average Bonchev–Trinajstić information content (AvgIpc) is 2.37. The maximum Gasteiger partial charge on any atom is 0.262 e. The van der Waals surface area contributed by atoms with E-state index in [2.05, 4.69) is 9.98 Å². The summed E-state index contributed by atoms with van der Waals surface area (Å²) in [7, 11) is 0. The molecule has 0 heterocycles. The van der Waals surface area contributed by atoms with E-state index in [0.717, 1.165) is 6.42 Å². The minimum absolute atomic E-state index is 0.271. The summed E-state index contributed by atoms with van der Waals surface area (Å²) in [4.78, 5) is 51.7. The molecule has 4 fully saturated rings. The highest BCUT2D eigenvalue weighted by atomic mass is 16.2. The van der Waals surface area contributed by atoms with Gasteiger partial charge >= 0.3 is 0 Å². The first kappa shape index (κ1) is 13.1. The molecule has 6 nitrogen and oxygen atoms in total. The first-order chi connectivity index (χ1) is 9.53. The van der Waals surface area contributed by atoms with Gasteiger partial charge in [-0.05, 0) is 50.4 Å². The summed E-state index contributed by atoms with van der Waals surface area (Å²) in [5.41, 5.74) is -1.45. The minimum Gasteiger partial charge on any atom is -0.271 e. The summed E-state index contributed by atoms with van der Waals surface area (Å²) in [6.45, 7) is 0. The van der Waals surface area contributed by atoms with E-state index >= 15 is 0 Å². The van der Waals surface area contributed by atoms with Gasteiger partial charge in [-0.1, -0.05) is 0 Å². The zero-order chi connectivity index (χ0) is 14.4. The summed E-state index contributed by atoms with van der Waals surface area (Å²) in [5, 5.41) is 0. The van der Waals surface area contributed by atoms with E-state index < -0.39 is 22.6 Å². The van der Waals surface area contributed by atoms with Gasteiger partial charge in [-0.25, -0.2) is 9.59 Å². The fraction of sp³-hybridized carbons (Fsp3) is 0.714. The van der Waals surface area contributed by atoms with Crippen molar-refractivity contribution in [2.24, 2.45) is 32.7 Å². The lowest BCUT2D eigenvalue weighted by atomic mass is 9.43. The Kier molecular flexibility index (Phi) is 2.82. The maximum atomic E-state index is 12.2. The molecule has 0 aromatic rings. The van der Waals surface area contributed by atoms with Crippen LogP contribution >= 0.6 is 0 Å². The Morgan fingerprint density at radius 1 is 0.850 bits per heavy atom. The summed E-state index contributed by atoms with van der Waals surface area (Å²) in [6.07, 6.45) is 6.67. The van der Waals surface area contributed by atoms with Crippen molar-refractivity contribution >= 4 is 24.0 Å². The van der Waals surface area contributed by atoms with E-state index in [9.17, 15) is 19.2 Å². The molecule has 6 heteroatoms. The molecule has 20 heavy (non-hydrogen) atoms. The van der Waals surface area contributed by atoms with Crippen LogP contribution in [0, 0.1) is 22.7 Å². The molecule has 0 N–H and O–H groups in total. The summed E-state index contributed by atoms with van der Waals surface area (Å²) < 4.78 is 0. The van der Waals surface area contributed by atoms with Crippen LogP contribution in [0.3, 0.4) is 0 Å². The Morgan fingerprint density at radius 2 is 1.25 bits per heavy atom. The molecule has 0 unspecified atom stereocenters. The van der Waals surface area contributed by atoms with Crippen LogP contribution in [-0.2, 0) is 19.2 Å². The molecule has 0 aliphatic heterocycles. The predicted molar refractivity (Wildman–Crippen MR) is 65.8 cm³/mol. The maximum absolute atomic E-state index is 12.2. The Balaban J connectivity index is 2.01. The molecule has 0 spiro atoms. The molecule has 2 amide bonds. The highest BCUT2D eigenvalue weighted by Crippen LogP contribution is 2.65. The van der Waals surface area contributed by atoms with Gasteiger partial charge in [0.15, 0.2) is 0 Å².